The van der Waals surface area contributed by atoms with Crippen molar-refractivity contribution in [1.29, 1.82) is 0 Å². The maximum atomic E-state index is 13.4. The number of hydrogen-bond acceptors (Lipinski definition) is 2. The fourth-order valence-corrected chi connectivity index (χ4v) is 3.66. The van der Waals surface area contributed by atoms with Gasteiger partial charge in [-0.3, -0.25) is 0 Å². The summed E-state index contributed by atoms with van der Waals surface area (Å²) >= 11 is 2.07. The maximum absolute atomic E-state index is 13.4. The van der Waals surface area contributed by atoms with Crippen LogP contribution in [0.4, 0.5) is 4.39 Å². The first kappa shape index (κ1) is 13.9. The normalized spacial score (nSPS) is 23.5. The Morgan fingerprint density at radius 2 is 2.22 bits per heavy atom. The molecule has 1 aromatic carbocycles. The van der Waals surface area contributed by atoms with Gasteiger partial charge in [0, 0.05) is 17.8 Å². The average Bonchev–Trinajstić information content (AvgIpc) is 2.79. The lowest BCUT2D eigenvalue weighted by Gasteiger charge is -2.13. The molecule has 1 aliphatic carbocycles. The third kappa shape index (κ3) is 3.72. The first-order chi connectivity index (χ1) is 8.69. The van der Waals surface area contributed by atoms with Crippen molar-refractivity contribution in [2.24, 2.45) is 0 Å². The van der Waals surface area contributed by atoms with Crippen LogP contribution >= 0.6 is 11.8 Å². The highest BCUT2D eigenvalue weighted by Crippen LogP contribution is 2.29. The quantitative estimate of drug-likeness (QED) is 0.868. The zero-order chi connectivity index (χ0) is 13.0. The molecule has 1 fully saturated rings. The highest BCUT2D eigenvalue weighted by Gasteiger charge is 2.23. The summed E-state index contributed by atoms with van der Waals surface area (Å²) in [5.74, 6) is 1.11. The summed E-state index contributed by atoms with van der Waals surface area (Å²) in [6.45, 7) is 4.81. The van der Waals surface area contributed by atoms with Gasteiger partial charge in [0.25, 0.3) is 0 Å². The fourth-order valence-electron chi connectivity index (χ4n) is 2.52. The van der Waals surface area contributed by atoms with Gasteiger partial charge in [-0.2, -0.15) is 11.8 Å². The lowest BCUT2D eigenvalue weighted by atomic mass is 10.1. The van der Waals surface area contributed by atoms with E-state index in [1.54, 1.807) is 13.0 Å². The van der Waals surface area contributed by atoms with Crippen LogP contribution in [0.5, 0.6) is 0 Å². The first-order valence-corrected chi connectivity index (χ1v) is 7.84. The Bertz CT molecular complexity index is 394. The molecule has 1 aromatic rings. The highest BCUT2D eigenvalue weighted by molar-refractivity contribution is 7.99. The Hall–Kier alpha value is -0.540. The van der Waals surface area contributed by atoms with Gasteiger partial charge in [-0.05, 0) is 49.1 Å². The van der Waals surface area contributed by atoms with Crippen molar-refractivity contribution in [2.75, 3.05) is 5.75 Å². The van der Waals surface area contributed by atoms with E-state index in [4.69, 9.17) is 0 Å². The van der Waals surface area contributed by atoms with Crippen molar-refractivity contribution >= 4 is 11.8 Å². The predicted octanol–water partition coefficient (Wildman–Crippen LogP) is 3.90. The van der Waals surface area contributed by atoms with Gasteiger partial charge >= 0.3 is 0 Å². The van der Waals surface area contributed by atoms with Crippen LogP contribution in [0, 0.1) is 12.7 Å². The Balaban J connectivity index is 1.80. The summed E-state index contributed by atoms with van der Waals surface area (Å²) in [5.41, 5.74) is 1.77. The molecule has 0 heterocycles. The van der Waals surface area contributed by atoms with Crippen LogP contribution in [0.2, 0.25) is 0 Å². The molecular weight excluding hydrogens is 245 g/mol. The van der Waals surface area contributed by atoms with Crippen LogP contribution in [0.3, 0.4) is 0 Å². The summed E-state index contributed by atoms with van der Waals surface area (Å²) in [4.78, 5) is 0. The molecule has 1 aliphatic rings. The molecule has 100 valence electrons. The van der Waals surface area contributed by atoms with Gasteiger partial charge in [-0.25, -0.2) is 4.39 Å². The number of halogens is 1. The molecule has 1 N–H and O–H groups in total. The Morgan fingerprint density at radius 1 is 1.39 bits per heavy atom. The number of aryl methyl sites for hydroxylation is 1. The van der Waals surface area contributed by atoms with Gasteiger partial charge in [0.15, 0.2) is 0 Å². The second kappa shape index (κ2) is 6.58. The SMILES string of the molecule is CCSC1CCC(NCc2ccc(C)c(F)c2)C1. The van der Waals surface area contributed by atoms with E-state index < -0.39 is 0 Å². The van der Waals surface area contributed by atoms with Crippen LogP contribution < -0.4 is 5.32 Å². The molecule has 2 rings (SSSR count). The van der Waals surface area contributed by atoms with Crippen molar-refractivity contribution in [3.05, 3.63) is 35.1 Å². The van der Waals surface area contributed by atoms with Crippen molar-refractivity contribution in [3.8, 4) is 0 Å². The van der Waals surface area contributed by atoms with Crippen LogP contribution in [-0.2, 0) is 6.54 Å². The molecule has 2 unspecified atom stereocenters. The molecule has 0 aliphatic heterocycles. The minimum atomic E-state index is -0.0971. The standard InChI is InChI=1S/C15H22FNS/c1-3-18-14-7-6-13(9-14)17-10-12-5-4-11(2)15(16)8-12/h4-5,8,13-14,17H,3,6-7,9-10H2,1-2H3. The predicted molar refractivity (Wildman–Crippen MR) is 77.5 cm³/mol. The molecule has 0 bridgehead atoms. The summed E-state index contributed by atoms with van der Waals surface area (Å²) < 4.78 is 13.4. The first-order valence-electron chi connectivity index (χ1n) is 6.79. The van der Waals surface area contributed by atoms with Gasteiger partial charge in [0.1, 0.15) is 5.82 Å². The highest BCUT2D eigenvalue weighted by atomic mass is 32.2. The van der Waals surface area contributed by atoms with Gasteiger partial charge in [0.05, 0.1) is 0 Å². The second-order valence-electron chi connectivity index (χ2n) is 5.05. The monoisotopic (exact) mass is 267 g/mol. The molecular formula is C15H22FNS. The Labute approximate surface area is 114 Å². The maximum Gasteiger partial charge on any atom is 0.126 e. The third-order valence-electron chi connectivity index (χ3n) is 3.62. The topological polar surface area (TPSA) is 12.0 Å². The van der Waals surface area contributed by atoms with Crippen LogP contribution in [0.25, 0.3) is 0 Å². The summed E-state index contributed by atoms with van der Waals surface area (Å²) in [6, 6.07) is 6.13. The van der Waals surface area contributed by atoms with Gasteiger partial charge < -0.3 is 5.32 Å². The fraction of sp³-hybridized carbons (Fsp3) is 0.600. The zero-order valence-electron chi connectivity index (χ0n) is 11.2. The lowest BCUT2D eigenvalue weighted by molar-refractivity contribution is 0.522. The molecule has 1 saturated carbocycles. The van der Waals surface area contributed by atoms with E-state index in [1.807, 2.05) is 12.1 Å². The molecule has 0 saturated heterocycles. The van der Waals surface area contributed by atoms with E-state index in [0.717, 1.165) is 22.9 Å². The minimum absolute atomic E-state index is 0.0971. The molecule has 3 heteroatoms. The number of hydrogen-bond donors (Lipinski definition) is 1. The van der Waals surface area contributed by atoms with E-state index >= 15 is 0 Å². The summed E-state index contributed by atoms with van der Waals surface area (Å²) in [5, 5.41) is 4.37. The second-order valence-corrected chi connectivity index (χ2v) is 6.63. The third-order valence-corrected chi connectivity index (χ3v) is 4.85. The van der Waals surface area contributed by atoms with Gasteiger partial charge in [-0.15, -0.1) is 0 Å². The molecule has 0 spiro atoms. The molecule has 1 nitrogen and oxygen atoms in total. The zero-order valence-corrected chi connectivity index (χ0v) is 12.0. The lowest BCUT2D eigenvalue weighted by Crippen LogP contribution is -2.26. The van der Waals surface area contributed by atoms with Gasteiger partial charge in [0.2, 0.25) is 0 Å². The number of thioether (sulfide) groups is 1. The summed E-state index contributed by atoms with van der Waals surface area (Å²) in [6.07, 6.45) is 3.83. The Morgan fingerprint density at radius 3 is 2.94 bits per heavy atom. The number of benzene rings is 1. The molecule has 0 amide bonds. The van der Waals surface area contributed by atoms with Gasteiger partial charge in [-0.1, -0.05) is 19.1 Å². The van der Waals surface area contributed by atoms with Crippen LogP contribution in [-0.4, -0.2) is 17.0 Å². The van der Waals surface area contributed by atoms with E-state index in [9.17, 15) is 4.39 Å². The number of rotatable bonds is 5. The van der Waals surface area contributed by atoms with Crippen molar-refractivity contribution in [2.45, 2.75) is 50.9 Å². The Kier molecular flexibility index (Phi) is 5.07. The molecule has 18 heavy (non-hydrogen) atoms. The smallest absolute Gasteiger partial charge is 0.126 e. The largest absolute Gasteiger partial charge is 0.310 e. The van der Waals surface area contributed by atoms with Crippen molar-refractivity contribution in [3.63, 3.8) is 0 Å². The molecule has 0 aromatic heterocycles. The average molecular weight is 267 g/mol. The molecule has 0 radical (unpaired) electrons. The minimum Gasteiger partial charge on any atom is -0.310 e. The summed E-state index contributed by atoms with van der Waals surface area (Å²) in [7, 11) is 0. The van der Waals surface area contributed by atoms with E-state index in [-0.39, 0.29) is 5.82 Å². The van der Waals surface area contributed by atoms with Crippen molar-refractivity contribution < 1.29 is 4.39 Å². The molecule has 2 atom stereocenters. The van der Waals surface area contributed by atoms with E-state index in [1.165, 1.54) is 25.0 Å². The van der Waals surface area contributed by atoms with E-state index in [2.05, 4.69) is 24.0 Å². The van der Waals surface area contributed by atoms with Crippen LogP contribution in [0.15, 0.2) is 18.2 Å². The van der Waals surface area contributed by atoms with Crippen molar-refractivity contribution in [1.82, 2.24) is 5.32 Å². The van der Waals surface area contributed by atoms with Crippen LogP contribution in [0.1, 0.15) is 37.3 Å². The van der Waals surface area contributed by atoms with E-state index in [0.29, 0.717) is 6.04 Å². The number of nitrogens with one attached hydrogen (secondary N) is 1.